The van der Waals surface area contributed by atoms with Crippen LogP contribution in [0.2, 0.25) is 0 Å². The van der Waals surface area contributed by atoms with Crippen LogP contribution in [0, 0.1) is 19.3 Å². The van der Waals surface area contributed by atoms with Gasteiger partial charge in [0.05, 0.1) is 12.1 Å². The fourth-order valence-corrected chi connectivity index (χ4v) is 8.45. The first-order valence-corrected chi connectivity index (χ1v) is 18.5. The molecule has 266 valence electrons. The van der Waals surface area contributed by atoms with Crippen molar-refractivity contribution in [3.63, 3.8) is 0 Å². The predicted molar refractivity (Wildman–Crippen MR) is 191 cm³/mol. The third-order valence-corrected chi connectivity index (χ3v) is 11.8. The number of hydrogen-bond donors (Lipinski definition) is 1. The largest absolute Gasteiger partial charge is 0.488 e. The predicted octanol–water partition coefficient (Wildman–Crippen LogP) is 5.89. The molecule has 1 aliphatic heterocycles. The van der Waals surface area contributed by atoms with Crippen molar-refractivity contribution in [3.8, 4) is 5.75 Å². The second-order valence-corrected chi connectivity index (χ2v) is 15.5. The van der Waals surface area contributed by atoms with Crippen molar-refractivity contribution in [1.29, 1.82) is 0 Å². The number of carboxylic acid groups (broad SMARTS) is 1. The van der Waals surface area contributed by atoms with Crippen LogP contribution in [0.3, 0.4) is 0 Å². The van der Waals surface area contributed by atoms with Crippen LogP contribution in [-0.2, 0) is 34.3 Å². The summed E-state index contributed by atoms with van der Waals surface area (Å²) in [5.74, 6) is -1.82. The molecule has 0 unspecified atom stereocenters. The zero-order valence-corrected chi connectivity index (χ0v) is 30.4. The number of aromatic nitrogens is 5. The van der Waals surface area contributed by atoms with E-state index in [1.54, 1.807) is 24.3 Å². The van der Waals surface area contributed by atoms with Gasteiger partial charge in [0.25, 0.3) is 0 Å². The fourth-order valence-electron chi connectivity index (χ4n) is 6.88. The van der Waals surface area contributed by atoms with E-state index in [4.69, 9.17) is 4.74 Å². The lowest BCUT2D eigenvalue weighted by Crippen LogP contribution is -2.37. The van der Waals surface area contributed by atoms with Crippen molar-refractivity contribution in [2.75, 3.05) is 6.54 Å². The highest BCUT2D eigenvalue weighted by atomic mass is 32.2. The summed E-state index contributed by atoms with van der Waals surface area (Å²) in [5.41, 5.74) is 5.48. The molecule has 5 aromatic rings. The average molecular weight is 711 g/mol. The zero-order valence-electron chi connectivity index (χ0n) is 29.6. The number of carbonyl (C=O) groups is 2. The first-order valence-electron chi connectivity index (χ1n) is 17.0. The van der Waals surface area contributed by atoms with Crippen LogP contribution in [0.1, 0.15) is 84.0 Å². The maximum atomic E-state index is 14.3. The second kappa shape index (κ2) is 14.0. The van der Waals surface area contributed by atoms with E-state index >= 15 is 0 Å². The molecular formula is C38H42N6O6S. The first kappa shape index (κ1) is 35.8. The quantitative estimate of drug-likeness (QED) is 0.175. The molecule has 0 fully saturated rings. The number of Topliss-reactive ketones (excluding diaryl/α,β-unsaturated/α-hetero) is 1. The van der Waals surface area contributed by atoms with Gasteiger partial charge in [-0.25, -0.2) is 27.9 Å². The summed E-state index contributed by atoms with van der Waals surface area (Å²) in [4.78, 5) is 33.6. The number of benzene rings is 3. The number of ketones is 1. The number of nitrogens with zero attached hydrogens (tertiary/aromatic N) is 6. The van der Waals surface area contributed by atoms with Crippen molar-refractivity contribution in [2.24, 2.45) is 5.41 Å². The number of aromatic carboxylic acids is 1. The van der Waals surface area contributed by atoms with E-state index in [1.165, 1.54) is 16.7 Å². The molecule has 3 heterocycles. The van der Waals surface area contributed by atoms with Crippen LogP contribution < -0.4 is 4.74 Å². The monoisotopic (exact) mass is 710 g/mol. The van der Waals surface area contributed by atoms with Gasteiger partial charge in [-0.15, -0.1) is 5.10 Å². The Bertz CT molecular complexity index is 2230. The Morgan fingerprint density at radius 2 is 1.76 bits per heavy atom. The molecule has 0 radical (unpaired) electrons. The van der Waals surface area contributed by atoms with Crippen LogP contribution in [0.4, 0.5) is 0 Å². The molecule has 3 aromatic carbocycles. The average Bonchev–Trinajstić information content (AvgIpc) is 3.50. The summed E-state index contributed by atoms with van der Waals surface area (Å²) < 4.78 is 37.6. The Balaban J connectivity index is 1.44. The lowest BCUT2D eigenvalue weighted by atomic mass is 9.66. The molecular weight excluding hydrogens is 669 g/mol. The molecule has 2 atom stereocenters. The maximum Gasteiger partial charge on any atom is 0.373 e. The van der Waals surface area contributed by atoms with Crippen LogP contribution in [0.5, 0.6) is 5.75 Å². The Morgan fingerprint density at radius 3 is 2.45 bits per heavy atom. The number of carboxylic acids is 1. The van der Waals surface area contributed by atoms with Crippen LogP contribution in [0.25, 0.3) is 11.0 Å². The number of aryl methyl sites for hydroxylation is 3. The molecule has 6 rings (SSSR count). The van der Waals surface area contributed by atoms with Crippen molar-refractivity contribution >= 4 is 32.8 Å². The Labute approximate surface area is 297 Å². The normalized spacial score (nSPS) is 16.6. The molecule has 12 nitrogen and oxygen atoms in total. The molecule has 1 aliphatic rings. The minimum Gasteiger partial charge on any atom is -0.488 e. The summed E-state index contributed by atoms with van der Waals surface area (Å²) in [6, 6.07) is 16.7. The van der Waals surface area contributed by atoms with Gasteiger partial charge in [0.15, 0.2) is 0 Å². The Hall–Kier alpha value is -5.01. The molecule has 0 amide bonds. The van der Waals surface area contributed by atoms with Gasteiger partial charge in [0, 0.05) is 43.2 Å². The van der Waals surface area contributed by atoms with Gasteiger partial charge < -0.3 is 9.84 Å². The van der Waals surface area contributed by atoms with Crippen molar-refractivity contribution in [1.82, 2.24) is 29.3 Å². The van der Waals surface area contributed by atoms with E-state index in [0.717, 1.165) is 38.9 Å². The van der Waals surface area contributed by atoms with E-state index in [2.05, 4.69) is 20.3 Å². The van der Waals surface area contributed by atoms with Gasteiger partial charge in [-0.3, -0.25) is 4.79 Å². The van der Waals surface area contributed by atoms with Crippen LogP contribution in [0.15, 0.2) is 71.9 Å². The SMILES string of the molecule is CC[C@@H]1CN(Cc2cc([C@@H](c3ccc4c(nnn4CC)c3C)C(C)(C)C(=O)Cc3cnc(C(=O)O)nc3)ccc2C)S(=O)(=O)c2ccccc2O1. The molecule has 0 bridgehead atoms. The lowest BCUT2D eigenvalue weighted by Gasteiger charge is -2.35. The number of rotatable bonds is 11. The molecule has 13 heteroatoms. The maximum absolute atomic E-state index is 14.3. The van der Waals surface area contributed by atoms with E-state index in [1.807, 2.05) is 76.6 Å². The minimum absolute atomic E-state index is 0.0146. The zero-order chi connectivity index (χ0) is 36.7. The van der Waals surface area contributed by atoms with Crippen LogP contribution in [-0.4, -0.2) is 67.2 Å². The van der Waals surface area contributed by atoms with Gasteiger partial charge in [-0.2, -0.15) is 4.31 Å². The molecule has 0 saturated carbocycles. The number of para-hydroxylation sites is 1. The molecule has 1 N–H and O–H groups in total. The molecule has 0 spiro atoms. The first-order chi connectivity index (χ1) is 24.3. The summed E-state index contributed by atoms with van der Waals surface area (Å²) in [5, 5.41) is 18.1. The third kappa shape index (κ3) is 6.75. The second-order valence-electron chi connectivity index (χ2n) is 13.6. The lowest BCUT2D eigenvalue weighted by molar-refractivity contribution is -0.127. The van der Waals surface area contributed by atoms with E-state index in [9.17, 15) is 23.1 Å². The smallest absolute Gasteiger partial charge is 0.373 e. The van der Waals surface area contributed by atoms with Gasteiger partial charge >= 0.3 is 5.97 Å². The number of fused-ring (bicyclic) bond motifs is 2. The van der Waals surface area contributed by atoms with Gasteiger partial charge in [-0.1, -0.05) is 62.4 Å². The fraction of sp³-hybridized carbons (Fsp3) is 0.368. The molecule has 0 aliphatic carbocycles. The topological polar surface area (TPSA) is 157 Å². The van der Waals surface area contributed by atoms with Gasteiger partial charge in [0.1, 0.15) is 28.0 Å². The van der Waals surface area contributed by atoms with Crippen molar-refractivity contribution in [2.45, 2.75) is 84.4 Å². The van der Waals surface area contributed by atoms with Crippen molar-refractivity contribution < 1.29 is 27.9 Å². The van der Waals surface area contributed by atoms with Crippen LogP contribution >= 0.6 is 0 Å². The van der Waals surface area contributed by atoms with E-state index < -0.39 is 27.3 Å². The minimum atomic E-state index is -3.89. The molecule has 51 heavy (non-hydrogen) atoms. The van der Waals surface area contributed by atoms with Gasteiger partial charge in [0.2, 0.25) is 15.8 Å². The molecule has 0 saturated heterocycles. The summed E-state index contributed by atoms with van der Waals surface area (Å²) in [6.07, 6.45) is 3.04. The number of sulfonamides is 1. The molecule has 2 aromatic heterocycles. The van der Waals surface area contributed by atoms with E-state index in [-0.39, 0.29) is 42.1 Å². The highest BCUT2D eigenvalue weighted by molar-refractivity contribution is 7.89. The number of hydrogen-bond acceptors (Lipinski definition) is 9. The Morgan fingerprint density at radius 1 is 1.04 bits per heavy atom. The van der Waals surface area contributed by atoms with E-state index in [0.29, 0.717) is 24.3 Å². The Kier molecular flexibility index (Phi) is 9.80. The van der Waals surface area contributed by atoms with Gasteiger partial charge in [-0.05, 0) is 78.8 Å². The summed E-state index contributed by atoms with van der Waals surface area (Å²) >= 11 is 0. The highest BCUT2D eigenvalue weighted by Crippen LogP contribution is 2.45. The summed E-state index contributed by atoms with van der Waals surface area (Å²) in [6.45, 7) is 12.7. The third-order valence-electron chi connectivity index (χ3n) is 9.97. The number of ether oxygens (including phenoxy) is 1. The summed E-state index contributed by atoms with van der Waals surface area (Å²) in [7, 11) is -3.89. The number of carbonyl (C=O) groups excluding carboxylic acids is 1. The standard InChI is InChI=1S/C38H42N6O6S/c1-7-28-22-43(51(48,49)32-12-10-9-11-31(32)50-28)21-27-18-26(14-13-23(27)3)34(29-15-16-30-35(24(29)4)41-42-44(30)8-2)38(5,6)33(45)17-25-19-39-36(37(46)47)40-20-25/h9-16,18-20,28,34H,7-8,17,21-22H2,1-6H3,(H,46,47)/t28-,34+/m1/s1. The van der Waals surface area contributed by atoms with Crippen molar-refractivity contribution in [3.05, 3.63) is 106 Å². The highest BCUT2D eigenvalue weighted by Gasteiger charge is 2.40.